The molecule has 1 aromatic rings. The highest BCUT2D eigenvalue weighted by molar-refractivity contribution is 6.04. The Balaban J connectivity index is 2.95. The highest BCUT2D eigenvalue weighted by atomic mass is 16.2. The topological polar surface area (TPSA) is 110 Å². The van der Waals surface area contributed by atoms with E-state index in [0.717, 1.165) is 0 Å². The molecule has 0 aliphatic rings. The Morgan fingerprint density at radius 1 is 0.850 bits per heavy atom. The lowest BCUT2D eigenvalue weighted by molar-refractivity contribution is -0.120. The van der Waals surface area contributed by atoms with Gasteiger partial charge in [-0.1, -0.05) is 12.1 Å². The third kappa shape index (κ3) is 4.32. The maximum atomic E-state index is 11.9. The normalized spacial score (nSPS) is 11.9. The minimum atomic E-state index is -1.01. The molecule has 0 radical (unpaired) electrons. The summed E-state index contributed by atoms with van der Waals surface area (Å²) in [5.74, 6) is -0.683. The van der Waals surface area contributed by atoms with Crippen molar-refractivity contribution >= 4 is 23.2 Å². The maximum Gasteiger partial charge on any atom is 0.243 e. The van der Waals surface area contributed by atoms with Crippen LogP contribution in [0.1, 0.15) is 27.7 Å². The van der Waals surface area contributed by atoms with Crippen LogP contribution in [0.25, 0.3) is 0 Å². The van der Waals surface area contributed by atoms with E-state index in [-0.39, 0.29) is 11.8 Å². The molecule has 6 N–H and O–H groups in total. The van der Waals surface area contributed by atoms with E-state index in [4.69, 9.17) is 11.5 Å². The smallest absolute Gasteiger partial charge is 0.243 e. The summed E-state index contributed by atoms with van der Waals surface area (Å²) >= 11 is 0. The van der Waals surface area contributed by atoms with Crippen LogP contribution < -0.4 is 22.1 Å². The van der Waals surface area contributed by atoms with Crippen LogP contribution in [-0.2, 0) is 9.59 Å². The molecule has 0 heterocycles. The first-order chi connectivity index (χ1) is 9.01. The molecule has 1 aromatic carbocycles. The molecular weight excluding hydrogens is 256 g/mol. The van der Waals surface area contributed by atoms with Crippen molar-refractivity contribution in [1.29, 1.82) is 0 Å². The molecule has 110 valence electrons. The second kappa shape index (κ2) is 5.60. The van der Waals surface area contributed by atoms with E-state index in [0.29, 0.717) is 11.4 Å². The zero-order valence-electron chi connectivity index (χ0n) is 12.3. The second-order valence-electron chi connectivity index (χ2n) is 5.90. The Kier molecular flexibility index (Phi) is 4.52. The quantitative estimate of drug-likeness (QED) is 0.659. The molecule has 0 bridgehead atoms. The van der Waals surface area contributed by atoms with Crippen LogP contribution in [-0.4, -0.2) is 22.9 Å². The minimum absolute atomic E-state index is 0.341. The number of benzene rings is 1. The number of nitrogens with one attached hydrogen (secondary N) is 2. The van der Waals surface area contributed by atoms with E-state index in [1.165, 1.54) is 0 Å². The summed E-state index contributed by atoms with van der Waals surface area (Å²) in [6, 6.07) is 6.87. The number of carbonyl (C=O) groups is 2. The summed E-state index contributed by atoms with van der Waals surface area (Å²) < 4.78 is 0. The van der Waals surface area contributed by atoms with Crippen LogP contribution in [0.4, 0.5) is 11.4 Å². The molecule has 0 spiro atoms. The molecule has 0 aromatic heterocycles. The van der Waals surface area contributed by atoms with Crippen molar-refractivity contribution in [1.82, 2.24) is 0 Å². The van der Waals surface area contributed by atoms with E-state index < -0.39 is 11.1 Å². The highest BCUT2D eigenvalue weighted by Crippen LogP contribution is 2.22. The molecule has 20 heavy (non-hydrogen) atoms. The van der Waals surface area contributed by atoms with Crippen molar-refractivity contribution in [3.05, 3.63) is 24.3 Å². The molecular formula is C14H22N4O2. The minimum Gasteiger partial charge on any atom is -0.323 e. The SMILES string of the molecule is CC(C)(N)C(=O)Nc1ccccc1NC(=O)C(C)(C)N. The van der Waals surface area contributed by atoms with Crippen molar-refractivity contribution in [2.75, 3.05) is 10.6 Å². The van der Waals surface area contributed by atoms with Gasteiger partial charge in [-0.05, 0) is 39.8 Å². The van der Waals surface area contributed by atoms with Gasteiger partial charge in [-0.25, -0.2) is 0 Å². The first-order valence-corrected chi connectivity index (χ1v) is 6.31. The first-order valence-electron chi connectivity index (χ1n) is 6.31. The number of amides is 2. The number of rotatable bonds is 4. The second-order valence-corrected chi connectivity index (χ2v) is 5.90. The van der Waals surface area contributed by atoms with Gasteiger partial charge in [0, 0.05) is 0 Å². The average Bonchev–Trinajstić information content (AvgIpc) is 2.29. The summed E-state index contributed by atoms with van der Waals surface area (Å²) in [5.41, 5.74) is 10.4. The van der Waals surface area contributed by atoms with Crippen LogP contribution in [0.5, 0.6) is 0 Å². The van der Waals surface area contributed by atoms with Gasteiger partial charge in [-0.2, -0.15) is 0 Å². The maximum absolute atomic E-state index is 11.9. The molecule has 2 amide bonds. The van der Waals surface area contributed by atoms with E-state index in [1.807, 2.05) is 0 Å². The van der Waals surface area contributed by atoms with Crippen molar-refractivity contribution < 1.29 is 9.59 Å². The van der Waals surface area contributed by atoms with Gasteiger partial charge in [0.1, 0.15) is 0 Å². The van der Waals surface area contributed by atoms with Gasteiger partial charge in [0.25, 0.3) is 0 Å². The van der Waals surface area contributed by atoms with Gasteiger partial charge in [0.15, 0.2) is 0 Å². The molecule has 6 nitrogen and oxygen atoms in total. The predicted octanol–water partition coefficient (Wildman–Crippen LogP) is 1.04. The molecule has 0 fully saturated rings. The summed E-state index contributed by atoms with van der Waals surface area (Å²) in [6.45, 7) is 6.41. The van der Waals surface area contributed by atoms with E-state index in [9.17, 15) is 9.59 Å². The van der Waals surface area contributed by atoms with Gasteiger partial charge < -0.3 is 22.1 Å². The number of para-hydroxylation sites is 2. The Morgan fingerprint density at radius 3 is 1.40 bits per heavy atom. The van der Waals surface area contributed by atoms with Gasteiger partial charge >= 0.3 is 0 Å². The van der Waals surface area contributed by atoms with Crippen molar-refractivity contribution in [2.45, 2.75) is 38.8 Å². The van der Waals surface area contributed by atoms with Crippen molar-refractivity contribution in [2.24, 2.45) is 11.5 Å². The largest absolute Gasteiger partial charge is 0.323 e. The number of hydrogen-bond acceptors (Lipinski definition) is 4. The van der Waals surface area contributed by atoms with Crippen LogP contribution in [0, 0.1) is 0 Å². The predicted molar refractivity (Wildman–Crippen MR) is 80.2 cm³/mol. The van der Waals surface area contributed by atoms with Gasteiger partial charge in [0.2, 0.25) is 11.8 Å². The van der Waals surface area contributed by atoms with Crippen LogP contribution in [0.3, 0.4) is 0 Å². The van der Waals surface area contributed by atoms with Crippen molar-refractivity contribution in [3.8, 4) is 0 Å². The Hall–Kier alpha value is -1.92. The molecule has 0 atom stereocenters. The lowest BCUT2D eigenvalue weighted by Gasteiger charge is -2.22. The highest BCUT2D eigenvalue weighted by Gasteiger charge is 2.25. The zero-order chi connectivity index (χ0) is 15.6. The van der Waals surface area contributed by atoms with Crippen LogP contribution in [0.2, 0.25) is 0 Å². The van der Waals surface area contributed by atoms with Gasteiger partial charge in [-0.15, -0.1) is 0 Å². The average molecular weight is 278 g/mol. The Labute approximate surface area is 118 Å². The molecule has 6 heteroatoms. The molecule has 0 saturated heterocycles. The molecule has 0 aliphatic carbocycles. The summed E-state index contributed by atoms with van der Waals surface area (Å²) in [7, 11) is 0. The van der Waals surface area contributed by atoms with E-state index in [2.05, 4.69) is 10.6 Å². The number of anilines is 2. The van der Waals surface area contributed by atoms with Crippen LogP contribution in [0.15, 0.2) is 24.3 Å². The van der Waals surface area contributed by atoms with Gasteiger partial charge in [-0.3, -0.25) is 9.59 Å². The zero-order valence-corrected chi connectivity index (χ0v) is 12.3. The first kappa shape index (κ1) is 16.1. The standard InChI is InChI=1S/C14H22N4O2/c1-13(2,15)11(19)17-9-7-5-6-8-10(9)18-12(20)14(3,4)16/h5-8H,15-16H2,1-4H3,(H,17,19)(H,18,20). The molecule has 0 saturated carbocycles. The lowest BCUT2D eigenvalue weighted by atomic mass is 10.1. The number of carbonyl (C=O) groups excluding carboxylic acids is 2. The molecule has 0 aliphatic heterocycles. The fourth-order valence-electron chi connectivity index (χ4n) is 1.27. The fourth-order valence-corrected chi connectivity index (χ4v) is 1.27. The third-order valence-corrected chi connectivity index (χ3v) is 2.59. The Bertz CT molecular complexity index is 466. The van der Waals surface area contributed by atoms with E-state index >= 15 is 0 Å². The van der Waals surface area contributed by atoms with E-state index in [1.54, 1.807) is 52.0 Å². The number of nitrogens with two attached hydrogens (primary N) is 2. The van der Waals surface area contributed by atoms with Gasteiger partial charge in [0.05, 0.1) is 22.5 Å². The van der Waals surface area contributed by atoms with Crippen LogP contribution >= 0.6 is 0 Å². The summed E-state index contributed by atoms with van der Waals surface area (Å²) in [6.07, 6.45) is 0. The Morgan fingerprint density at radius 2 is 1.15 bits per heavy atom. The summed E-state index contributed by atoms with van der Waals surface area (Å²) in [4.78, 5) is 23.8. The van der Waals surface area contributed by atoms with Crippen molar-refractivity contribution in [3.63, 3.8) is 0 Å². The fraction of sp³-hybridized carbons (Fsp3) is 0.429. The molecule has 1 rings (SSSR count). The summed E-state index contributed by atoms with van der Waals surface area (Å²) in [5, 5.41) is 5.38. The third-order valence-electron chi connectivity index (χ3n) is 2.59. The molecule has 0 unspecified atom stereocenters. The number of hydrogen-bond donors (Lipinski definition) is 4. The lowest BCUT2D eigenvalue weighted by Crippen LogP contribution is -2.46. The monoisotopic (exact) mass is 278 g/mol.